The van der Waals surface area contributed by atoms with Gasteiger partial charge in [-0.05, 0) is 12.8 Å². The number of alkyl carbamates (subject to hydrolysis) is 1. The average Bonchev–Trinajstić information content (AvgIpc) is 2.53. The lowest BCUT2D eigenvalue weighted by molar-refractivity contribution is -0.0654. The van der Waals surface area contributed by atoms with Gasteiger partial charge in [-0.2, -0.15) is 0 Å². The first-order chi connectivity index (χ1) is 11.2. The molecule has 0 spiro atoms. The number of carbonyl (C=O) groups is 1. The van der Waals surface area contributed by atoms with Gasteiger partial charge in [-0.15, -0.1) is 0 Å². The molecule has 0 fully saturated rings. The molecule has 23 heavy (non-hydrogen) atoms. The molecule has 4 nitrogen and oxygen atoms in total. The van der Waals surface area contributed by atoms with Gasteiger partial charge in [0.15, 0.2) is 0 Å². The van der Waals surface area contributed by atoms with E-state index in [1.165, 1.54) is 57.6 Å². The van der Waals surface area contributed by atoms with E-state index in [9.17, 15) is 4.79 Å². The third-order valence-electron chi connectivity index (χ3n) is 3.81. The fourth-order valence-electron chi connectivity index (χ4n) is 2.46. The standard InChI is InChI=1S/C19H37NO3/c1-4-7-8-9-10-11-12-13-14-15-17-20-19(21)23-18(16-5-2)22-6-3/h6,18H,3-5,7-17H2,1-2H3,(H,20,21). The molecule has 136 valence electrons. The Kier molecular flexibility index (Phi) is 16.3. The molecule has 0 radical (unpaired) electrons. The molecule has 1 unspecified atom stereocenters. The third kappa shape index (κ3) is 15.5. The van der Waals surface area contributed by atoms with Crippen LogP contribution in [0, 0.1) is 0 Å². The van der Waals surface area contributed by atoms with E-state index in [1.807, 2.05) is 6.92 Å². The number of rotatable bonds is 16. The van der Waals surface area contributed by atoms with Crippen LogP contribution in [0.5, 0.6) is 0 Å². The highest BCUT2D eigenvalue weighted by Crippen LogP contribution is 2.10. The molecule has 0 aromatic heterocycles. The first-order valence-corrected chi connectivity index (χ1v) is 9.45. The Bertz CT molecular complexity index is 282. The van der Waals surface area contributed by atoms with Gasteiger partial charge in [0, 0.05) is 13.0 Å². The molecule has 0 aromatic carbocycles. The van der Waals surface area contributed by atoms with Gasteiger partial charge in [-0.1, -0.05) is 78.2 Å². The molecule has 0 aliphatic carbocycles. The van der Waals surface area contributed by atoms with E-state index >= 15 is 0 Å². The average molecular weight is 328 g/mol. The van der Waals surface area contributed by atoms with Crippen molar-refractivity contribution in [1.29, 1.82) is 0 Å². The highest BCUT2D eigenvalue weighted by Gasteiger charge is 2.12. The van der Waals surface area contributed by atoms with Crippen molar-refractivity contribution >= 4 is 6.09 Å². The van der Waals surface area contributed by atoms with E-state index in [0.717, 1.165) is 19.3 Å². The van der Waals surface area contributed by atoms with E-state index in [-0.39, 0.29) is 0 Å². The predicted molar refractivity (Wildman–Crippen MR) is 96.3 cm³/mol. The summed E-state index contributed by atoms with van der Waals surface area (Å²) < 4.78 is 10.3. The van der Waals surface area contributed by atoms with Crippen LogP contribution >= 0.6 is 0 Å². The molecule has 4 heteroatoms. The lowest BCUT2D eigenvalue weighted by Crippen LogP contribution is -2.30. The van der Waals surface area contributed by atoms with E-state index in [4.69, 9.17) is 9.47 Å². The van der Waals surface area contributed by atoms with Gasteiger partial charge in [0.25, 0.3) is 0 Å². The second-order valence-corrected chi connectivity index (χ2v) is 6.04. The van der Waals surface area contributed by atoms with E-state index < -0.39 is 12.4 Å². The molecule has 0 aromatic rings. The molecule has 0 aliphatic heterocycles. The summed E-state index contributed by atoms with van der Waals surface area (Å²) in [6.45, 7) is 8.43. The second-order valence-electron chi connectivity index (χ2n) is 6.04. The fraction of sp³-hybridized carbons (Fsp3) is 0.842. The quantitative estimate of drug-likeness (QED) is 0.217. The smallest absolute Gasteiger partial charge is 0.410 e. The number of nitrogens with one attached hydrogen (secondary N) is 1. The summed E-state index contributed by atoms with van der Waals surface area (Å²) >= 11 is 0. The highest BCUT2D eigenvalue weighted by molar-refractivity contribution is 5.67. The van der Waals surface area contributed by atoms with Gasteiger partial charge in [0.1, 0.15) is 0 Å². The number of hydrogen-bond acceptors (Lipinski definition) is 3. The lowest BCUT2D eigenvalue weighted by Gasteiger charge is -2.16. The molecule has 1 amide bonds. The summed E-state index contributed by atoms with van der Waals surface area (Å²) in [5, 5.41) is 2.78. The van der Waals surface area contributed by atoms with Crippen molar-refractivity contribution in [3.05, 3.63) is 12.8 Å². The monoisotopic (exact) mass is 327 g/mol. The maximum atomic E-state index is 11.6. The van der Waals surface area contributed by atoms with Crippen molar-refractivity contribution in [1.82, 2.24) is 5.32 Å². The Morgan fingerprint density at radius 2 is 1.52 bits per heavy atom. The molecule has 0 aliphatic rings. The van der Waals surface area contributed by atoms with Crippen molar-refractivity contribution in [2.24, 2.45) is 0 Å². The molecule has 1 atom stereocenters. The van der Waals surface area contributed by atoms with E-state index in [0.29, 0.717) is 13.0 Å². The Hall–Kier alpha value is -1.19. The zero-order valence-corrected chi connectivity index (χ0v) is 15.3. The van der Waals surface area contributed by atoms with Crippen molar-refractivity contribution in [2.45, 2.75) is 97.2 Å². The molecule has 0 saturated carbocycles. The third-order valence-corrected chi connectivity index (χ3v) is 3.81. The van der Waals surface area contributed by atoms with Crippen LogP contribution in [0.4, 0.5) is 4.79 Å². The number of unbranched alkanes of at least 4 members (excludes halogenated alkanes) is 9. The summed E-state index contributed by atoms with van der Waals surface area (Å²) in [4.78, 5) is 11.6. The van der Waals surface area contributed by atoms with Crippen LogP contribution < -0.4 is 5.32 Å². The van der Waals surface area contributed by atoms with Gasteiger partial charge in [0.05, 0.1) is 6.26 Å². The topological polar surface area (TPSA) is 47.6 Å². The number of amides is 1. The maximum absolute atomic E-state index is 11.6. The van der Waals surface area contributed by atoms with Crippen molar-refractivity contribution in [3.63, 3.8) is 0 Å². The molecule has 0 saturated heterocycles. The van der Waals surface area contributed by atoms with Gasteiger partial charge in [-0.3, -0.25) is 0 Å². The normalized spacial score (nSPS) is 11.7. The van der Waals surface area contributed by atoms with Gasteiger partial charge < -0.3 is 14.8 Å². The van der Waals surface area contributed by atoms with Crippen LogP contribution in [0.25, 0.3) is 0 Å². The molecule has 0 heterocycles. The van der Waals surface area contributed by atoms with Crippen molar-refractivity contribution < 1.29 is 14.3 Å². The molecular formula is C19H37NO3. The Balaban J connectivity index is 3.39. The summed E-state index contributed by atoms with van der Waals surface area (Å²) in [5.74, 6) is 0. The Morgan fingerprint density at radius 1 is 0.957 bits per heavy atom. The minimum Gasteiger partial charge on any atom is -0.463 e. The molecular weight excluding hydrogens is 290 g/mol. The van der Waals surface area contributed by atoms with E-state index in [2.05, 4.69) is 18.8 Å². The zero-order valence-electron chi connectivity index (χ0n) is 15.3. The van der Waals surface area contributed by atoms with Gasteiger partial charge >= 0.3 is 6.09 Å². The van der Waals surface area contributed by atoms with Crippen LogP contribution in [0.3, 0.4) is 0 Å². The predicted octanol–water partition coefficient (Wildman–Crippen LogP) is 5.92. The van der Waals surface area contributed by atoms with Crippen LogP contribution in [-0.2, 0) is 9.47 Å². The van der Waals surface area contributed by atoms with Gasteiger partial charge in [0.2, 0.25) is 6.29 Å². The van der Waals surface area contributed by atoms with Crippen LogP contribution in [0.2, 0.25) is 0 Å². The van der Waals surface area contributed by atoms with Crippen molar-refractivity contribution in [2.75, 3.05) is 6.54 Å². The summed E-state index contributed by atoms with van der Waals surface area (Å²) in [6.07, 6.45) is 14.9. The number of carbonyl (C=O) groups excluding carboxylic acids is 1. The second kappa shape index (κ2) is 17.2. The van der Waals surface area contributed by atoms with E-state index in [1.54, 1.807) is 0 Å². The SMILES string of the molecule is C=COC(CCC)OC(=O)NCCCCCCCCCCCC. The minimum absolute atomic E-state index is 0.402. The first kappa shape index (κ1) is 21.8. The maximum Gasteiger partial charge on any atom is 0.410 e. The molecule has 0 rings (SSSR count). The fourth-order valence-corrected chi connectivity index (χ4v) is 2.46. The minimum atomic E-state index is -0.523. The van der Waals surface area contributed by atoms with Gasteiger partial charge in [-0.25, -0.2) is 4.79 Å². The zero-order chi connectivity index (χ0) is 17.2. The largest absolute Gasteiger partial charge is 0.463 e. The molecule has 1 N–H and O–H groups in total. The number of ether oxygens (including phenoxy) is 2. The first-order valence-electron chi connectivity index (χ1n) is 9.45. The lowest BCUT2D eigenvalue weighted by atomic mass is 10.1. The Morgan fingerprint density at radius 3 is 2.04 bits per heavy atom. The molecule has 0 bridgehead atoms. The highest BCUT2D eigenvalue weighted by atomic mass is 16.7. The van der Waals surface area contributed by atoms with Crippen LogP contribution in [-0.4, -0.2) is 18.9 Å². The van der Waals surface area contributed by atoms with Crippen LogP contribution in [0.15, 0.2) is 12.8 Å². The summed E-state index contributed by atoms with van der Waals surface area (Å²) in [7, 11) is 0. The number of hydrogen-bond donors (Lipinski definition) is 1. The summed E-state index contributed by atoms with van der Waals surface area (Å²) in [6, 6.07) is 0. The Labute approximate surface area is 143 Å². The van der Waals surface area contributed by atoms with Crippen LogP contribution in [0.1, 0.15) is 90.9 Å². The van der Waals surface area contributed by atoms with Crippen molar-refractivity contribution in [3.8, 4) is 0 Å². The summed E-state index contributed by atoms with van der Waals surface area (Å²) in [5.41, 5.74) is 0.